The van der Waals surface area contributed by atoms with Crippen molar-refractivity contribution in [1.29, 1.82) is 0 Å². The SMILES string of the molecule is CCCCCCc1ccsc1[P]. The van der Waals surface area contributed by atoms with Gasteiger partial charge in [-0.1, -0.05) is 26.2 Å². The van der Waals surface area contributed by atoms with Gasteiger partial charge in [-0.25, -0.2) is 0 Å². The van der Waals surface area contributed by atoms with E-state index in [4.69, 9.17) is 0 Å². The van der Waals surface area contributed by atoms with Crippen LogP contribution in [0.2, 0.25) is 0 Å². The van der Waals surface area contributed by atoms with E-state index in [-0.39, 0.29) is 0 Å². The lowest BCUT2D eigenvalue weighted by molar-refractivity contribution is 0.668. The van der Waals surface area contributed by atoms with E-state index in [9.17, 15) is 0 Å². The van der Waals surface area contributed by atoms with Crippen molar-refractivity contribution in [1.82, 2.24) is 0 Å². The molecule has 0 aliphatic rings. The van der Waals surface area contributed by atoms with Crippen molar-refractivity contribution < 1.29 is 0 Å². The van der Waals surface area contributed by atoms with Crippen LogP contribution in [0.1, 0.15) is 38.2 Å². The van der Waals surface area contributed by atoms with Gasteiger partial charge in [0, 0.05) is 13.9 Å². The Balaban J connectivity index is 2.20. The first-order valence-electron chi connectivity index (χ1n) is 4.60. The Morgan fingerprint density at radius 1 is 1.33 bits per heavy atom. The third kappa shape index (κ3) is 3.25. The molecule has 66 valence electrons. The maximum absolute atomic E-state index is 4.39. The lowest BCUT2D eigenvalue weighted by Crippen LogP contribution is -1.93. The van der Waals surface area contributed by atoms with Gasteiger partial charge in [0.15, 0.2) is 0 Å². The molecule has 1 aromatic rings. The molecule has 12 heavy (non-hydrogen) atoms. The summed E-state index contributed by atoms with van der Waals surface area (Å²) in [7, 11) is 4.39. The predicted octanol–water partition coefficient (Wildman–Crippen LogP) is 3.91. The van der Waals surface area contributed by atoms with Crippen molar-refractivity contribution in [2.75, 3.05) is 0 Å². The van der Waals surface area contributed by atoms with Crippen LogP contribution in [0, 0.1) is 0 Å². The smallest absolute Gasteiger partial charge is 0.0411 e. The molecule has 0 amide bonds. The zero-order valence-corrected chi connectivity index (χ0v) is 9.26. The zero-order valence-electron chi connectivity index (χ0n) is 7.55. The van der Waals surface area contributed by atoms with E-state index < -0.39 is 0 Å². The Labute approximate surface area is 81.6 Å². The second-order valence-electron chi connectivity index (χ2n) is 3.06. The molecular formula is C10H15PS. The van der Waals surface area contributed by atoms with Gasteiger partial charge >= 0.3 is 0 Å². The molecule has 0 saturated carbocycles. The van der Waals surface area contributed by atoms with Crippen LogP contribution in [0.25, 0.3) is 0 Å². The van der Waals surface area contributed by atoms with Crippen LogP contribution >= 0.6 is 20.6 Å². The summed E-state index contributed by atoms with van der Waals surface area (Å²) < 4.78 is 1.20. The van der Waals surface area contributed by atoms with Gasteiger partial charge < -0.3 is 0 Å². The minimum atomic E-state index is 1.20. The zero-order chi connectivity index (χ0) is 8.81. The van der Waals surface area contributed by atoms with Crippen molar-refractivity contribution in [3.63, 3.8) is 0 Å². The van der Waals surface area contributed by atoms with Crippen molar-refractivity contribution in [3.8, 4) is 0 Å². The fourth-order valence-electron chi connectivity index (χ4n) is 1.26. The number of aryl methyl sites for hydroxylation is 1. The van der Waals surface area contributed by atoms with Gasteiger partial charge in [-0.15, -0.1) is 11.3 Å². The second kappa shape index (κ2) is 5.72. The van der Waals surface area contributed by atoms with Crippen LogP contribution in [0.15, 0.2) is 11.4 Å². The van der Waals surface area contributed by atoms with Gasteiger partial charge in [-0.3, -0.25) is 0 Å². The quantitative estimate of drug-likeness (QED) is 0.497. The number of unbranched alkanes of at least 4 members (excludes halogenated alkanes) is 3. The van der Waals surface area contributed by atoms with Gasteiger partial charge in [0.1, 0.15) is 0 Å². The van der Waals surface area contributed by atoms with Crippen molar-refractivity contribution >= 4 is 25.2 Å². The van der Waals surface area contributed by atoms with E-state index in [1.54, 1.807) is 11.3 Å². The molecule has 0 saturated heterocycles. The topological polar surface area (TPSA) is 0 Å². The Hall–Kier alpha value is 0.130. The molecule has 1 rings (SSSR count). The van der Waals surface area contributed by atoms with E-state index in [2.05, 4.69) is 27.6 Å². The predicted molar refractivity (Wildman–Crippen MR) is 58.7 cm³/mol. The lowest BCUT2D eigenvalue weighted by Gasteiger charge is -1.98. The summed E-state index contributed by atoms with van der Waals surface area (Å²) in [5, 5.41) is 2.12. The highest BCUT2D eigenvalue weighted by Crippen LogP contribution is 2.11. The molecule has 0 bridgehead atoms. The third-order valence-electron chi connectivity index (χ3n) is 2.02. The highest BCUT2D eigenvalue weighted by atomic mass is 32.1. The van der Waals surface area contributed by atoms with E-state index >= 15 is 0 Å². The van der Waals surface area contributed by atoms with Gasteiger partial charge in [0.2, 0.25) is 0 Å². The molecule has 0 spiro atoms. The summed E-state index contributed by atoms with van der Waals surface area (Å²) in [6.07, 6.45) is 6.57. The van der Waals surface area contributed by atoms with Gasteiger partial charge in [0.05, 0.1) is 0 Å². The van der Waals surface area contributed by atoms with Gasteiger partial charge in [0.25, 0.3) is 0 Å². The summed E-state index contributed by atoms with van der Waals surface area (Å²) in [6.45, 7) is 2.24. The molecule has 0 fully saturated rings. The van der Waals surface area contributed by atoms with Gasteiger partial charge in [-0.2, -0.15) is 0 Å². The maximum Gasteiger partial charge on any atom is 0.0411 e. The second-order valence-corrected chi connectivity index (χ2v) is 4.73. The molecule has 2 heteroatoms. The highest BCUT2D eigenvalue weighted by molar-refractivity contribution is 7.43. The largest absolute Gasteiger partial charge is 0.143 e. The molecule has 0 N–H and O–H groups in total. The monoisotopic (exact) mass is 198 g/mol. The fraction of sp³-hybridized carbons (Fsp3) is 0.600. The average molecular weight is 198 g/mol. The number of thiophene rings is 1. The summed E-state index contributed by atoms with van der Waals surface area (Å²) in [4.78, 5) is 0. The van der Waals surface area contributed by atoms with Crippen LogP contribution in [-0.2, 0) is 6.42 Å². The highest BCUT2D eigenvalue weighted by Gasteiger charge is 1.98. The number of hydrogen-bond acceptors (Lipinski definition) is 1. The Kier molecular flexibility index (Phi) is 4.87. The molecule has 2 radical (unpaired) electrons. The van der Waals surface area contributed by atoms with Crippen LogP contribution in [-0.4, -0.2) is 0 Å². The van der Waals surface area contributed by atoms with Crippen molar-refractivity contribution in [3.05, 3.63) is 17.0 Å². The number of hydrogen-bond donors (Lipinski definition) is 0. The summed E-state index contributed by atoms with van der Waals surface area (Å²) in [5.74, 6) is 0. The molecule has 0 aromatic carbocycles. The third-order valence-corrected chi connectivity index (χ3v) is 3.38. The van der Waals surface area contributed by atoms with Crippen molar-refractivity contribution in [2.24, 2.45) is 0 Å². The maximum atomic E-state index is 4.39. The molecule has 1 heterocycles. The normalized spacial score (nSPS) is 10.5. The minimum Gasteiger partial charge on any atom is -0.143 e. The van der Waals surface area contributed by atoms with Gasteiger partial charge in [-0.05, 0) is 29.9 Å². The Morgan fingerprint density at radius 3 is 2.75 bits per heavy atom. The average Bonchev–Trinajstić information content (AvgIpc) is 2.46. The summed E-state index contributed by atoms with van der Waals surface area (Å²) in [5.41, 5.74) is 1.43. The molecule has 1 aromatic heterocycles. The van der Waals surface area contributed by atoms with E-state index in [1.165, 1.54) is 42.3 Å². The van der Waals surface area contributed by atoms with Crippen molar-refractivity contribution in [2.45, 2.75) is 39.0 Å². The molecule has 0 aliphatic heterocycles. The number of rotatable bonds is 5. The van der Waals surface area contributed by atoms with E-state index in [0.29, 0.717) is 0 Å². The Morgan fingerprint density at radius 2 is 2.17 bits per heavy atom. The molecular weight excluding hydrogens is 183 g/mol. The van der Waals surface area contributed by atoms with Crippen LogP contribution < -0.4 is 4.62 Å². The molecule has 0 nitrogen and oxygen atoms in total. The molecule has 0 aliphatic carbocycles. The first kappa shape index (κ1) is 10.2. The first-order valence-corrected chi connectivity index (χ1v) is 5.92. The first-order chi connectivity index (χ1) is 5.84. The summed E-state index contributed by atoms with van der Waals surface area (Å²) >= 11 is 1.73. The Bertz CT molecular complexity index is 217. The van der Waals surface area contributed by atoms with Crippen LogP contribution in [0.4, 0.5) is 0 Å². The summed E-state index contributed by atoms with van der Waals surface area (Å²) in [6, 6.07) is 2.19. The fourth-order valence-corrected chi connectivity index (χ4v) is 2.31. The van der Waals surface area contributed by atoms with Crippen LogP contribution in [0.5, 0.6) is 0 Å². The molecule has 0 unspecified atom stereocenters. The minimum absolute atomic E-state index is 1.20. The molecule has 0 atom stereocenters. The standard InChI is InChI=1S/C10H15PS/c1-2-3-4-5-6-9-7-8-12-10(9)11/h7-8H,2-6H2,1H3. The van der Waals surface area contributed by atoms with E-state index in [0.717, 1.165) is 0 Å². The van der Waals surface area contributed by atoms with Crippen LogP contribution in [0.3, 0.4) is 0 Å². The lowest BCUT2D eigenvalue weighted by atomic mass is 10.1. The van der Waals surface area contributed by atoms with E-state index in [1.807, 2.05) is 0 Å².